The number of benzene rings is 1. The van der Waals surface area contributed by atoms with Gasteiger partial charge < -0.3 is 14.7 Å². The first kappa shape index (κ1) is 14.4. The molecule has 1 heterocycles. The van der Waals surface area contributed by atoms with Crippen molar-refractivity contribution in [1.29, 1.82) is 0 Å². The lowest BCUT2D eigenvalue weighted by atomic mass is 10.0. The van der Waals surface area contributed by atoms with Crippen LogP contribution < -0.4 is 4.74 Å². The molecule has 2 atom stereocenters. The Morgan fingerprint density at radius 3 is 3.00 bits per heavy atom. The van der Waals surface area contributed by atoms with Gasteiger partial charge in [0.1, 0.15) is 5.75 Å². The lowest BCUT2D eigenvalue weighted by Crippen LogP contribution is -2.37. The summed E-state index contributed by atoms with van der Waals surface area (Å²) in [6.45, 7) is 3.73. The number of hydrogen-bond acceptors (Lipinski definition) is 3. The Kier molecular flexibility index (Phi) is 5.23. The minimum absolute atomic E-state index is 0.437. The summed E-state index contributed by atoms with van der Waals surface area (Å²) in [5, 5.41) is 9.55. The number of aliphatic hydroxyl groups is 1. The topological polar surface area (TPSA) is 32.7 Å². The van der Waals surface area contributed by atoms with Crippen molar-refractivity contribution in [2.24, 2.45) is 0 Å². The SMILES string of the molecule is C[C@@H](O)c1cccc(OCCC2CCCCN2C)c1. The fourth-order valence-corrected chi connectivity index (χ4v) is 2.69. The van der Waals surface area contributed by atoms with Crippen molar-refractivity contribution in [3.8, 4) is 5.75 Å². The van der Waals surface area contributed by atoms with E-state index in [0.29, 0.717) is 6.04 Å². The molecule has 1 aliphatic rings. The summed E-state index contributed by atoms with van der Waals surface area (Å²) in [6.07, 6.45) is 4.59. The molecule has 3 heteroatoms. The zero-order valence-electron chi connectivity index (χ0n) is 12.0. The molecule has 19 heavy (non-hydrogen) atoms. The molecular formula is C16H25NO2. The summed E-state index contributed by atoms with van der Waals surface area (Å²) in [4.78, 5) is 2.44. The fraction of sp³-hybridized carbons (Fsp3) is 0.625. The molecule has 1 aliphatic heterocycles. The molecule has 0 spiro atoms. The van der Waals surface area contributed by atoms with Gasteiger partial charge in [0.2, 0.25) is 0 Å². The predicted octanol–water partition coefficient (Wildman–Crippen LogP) is 2.99. The average molecular weight is 263 g/mol. The quantitative estimate of drug-likeness (QED) is 0.886. The molecule has 0 radical (unpaired) electrons. The second-order valence-corrected chi connectivity index (χ2v) is 5.52. The van der Waals surface area contributed by atoms with Gasteiger partial charge in [-0.05, 0) is 57.5 Å². The van der Waals surface area contributed by atoms with Gasteiger partial charge in [-0.15, -0.1) is 0 Å². The van der Waals surface area contributed by atoms with Crippen LogP contribution >= 0.6 is 0 Å². The molecule has 1 fully saturated rings. The van der Waals surface area contributed by atoms with Crippen LogP contribution in [0.15, 0.2) is 24.3 Å². The van der Waals surface area contributed by atoms with Gasteiger partial charge in [-0.3, -0.25) is 0 Å². The third-order valence-electron chi connectivity index (χ3n) is 3.98. The highest BCUT2D eigenvalue weighted by atomic mass is 16.5. The van der Waals surface area contributed by atoms with Crippen LogP contribution in [0.4, 0.5) is 0 Å². The fourth-order valence-electron chi connectivity index (χ4n) is 2.69. The van der Waals surface area contributed by atoms with Crippen molar-refractivity contribution in [3.05, 3.63) is 29.8 Å². The van der Waals surface area contributed by atoms with E-state index >= 15 is 0 Å². The molecule has 0 amide bonds. The second-order valence-electron chi connectivity index (χ2n) is 5.52. The van der Waals surface area contributed by atoms with E-state index in [1.54, 1.807) is 6.92 Å². The first-order valence-corrected chi connectivity index (χ1v) is 7.28. The molecule has 0 aromatic heterocycles. The van der Waals surface area contributed by atoms with Crippen molar-refractivity contribution >= 4 is 0 Å². The number of ether oxygens (including phenoxy) is 1. The van der Waals surface area contributed by atoms with Crippen LogP contribution in [0.2, 0.25) is 0 Å². The number of piperidine rings is 1. The number of likely N-dealkylation sites (tertiary alicyclic amines) is 1. The Morgan fingerprint density at radius 2 is 2.26 bits per heavy atom. The van der Waals surface area contributed by atoms with E-state index in [4.69, 9.17) is 4.74 Å². The van der Waals surface area contributed by atoms with Crippen molar-refractivity contribution in [1.82, 2.24) is 4.90 Å². The molecule has 1 saturated heterocycles. The average Bonchev–Trinajstić information content (AvgIpc) is 2.41. The van der Waals surface area contributed by atoms with E-state index in [2.05, 4.69) is 11.9 Å². The number of nitrogens with zero attached hydrogens (tertiary/aromatic N) is 1. The lowest BCUT2D eigenvalue weighted by molar-refractivity contribution is 0.153. The van der Waals surface area contributed by atoms with Crippen LogP contribution in [-0.4, -0.2) is 36.2 Å². The molecule has 0 saturated carbocycles. The normalized spacial score (nSPS) is 22.2. The molecule has 0 aliphatic carbocycles. The standard InChI is InChI=1S/C16H25NO2/c1-13(18)14-6-5-8-16(12-14)19-11-9-15-7-3-4-10-17(15)2/h5-6,8,12-13,15,18H,3-4,7,9-11H2,1-2H3/t13-,15?/m1/s1. The summed E-state index contributed by atoms with van der Waals surface area (Å²) < 4.78 is 5.81. The Labute approximate surface area is 116 Å². The van der Waals surface area contributed by atoms with Crippen LogP contribution in [0, 0.1) is 0 Å². The Bertz CT molecular complexity index is 392. The molecule has 1 N–H and O–H groups in total. The van der Waals surface area contributed by atoms with Gasteiger partial charge in [0.15, 0.2) is 0 Å². The maximum absolute atomic E-state index is 9.55. The zero-order chi connectivity index (χ0) is 13.7. The first-order chi connectivity index (χ1) is 9.16. The Morgan fingerprint density at radius 1 is 1.42 bits per heavy atom. The van der Waals surface area contributed by atoms with Crippen molar-refractivity contribution in [3.63, 3.8) is 0 Å². The van der Waals surface area contributed by atoms with Gasteiger partial charge >= 0.3 is 0 Å². The van der Waals surface area contributed by atoms with Crippen molar-refractivity contribution in [2.75, 3.05) is 20.2 Å². The van der Waals surface area contributed by atoms with Gasteiger partial charge in [-0.1, -0.05) is 18.6 Å². The minimum atomic E-state index is -0.437. The third kappa shape index (κ3) is 4.22. The smallest absolute Gasteiger partial charge is 0.119 e. The molecule has 2 rings (SSSR count). The van der Waals surface area contributed by atoms with E-state index in [0.717, 1.165) is 24.3 Å². The molecule has 0 bridgehead atoms. The number of hydrogen-bond donors (Lipinski definition) is 1. The largest absolute Gasteiger partial charge is 0.494 e. The summed E-state index contributed by atoms with van der Waals surface area (Å²) in [5.41, 5.74) is 0.910. The molecule has 1 aromatic carbocycles. The molecule has 3 nitrogen and oxygen atoms in total. The van der Waals surface area contributed by atoms with Crippen LogP contribution in [-0.2, 0) is 0 Å². The van der Waals surface area contributed by atoms with Gasteiger partial charge in [-0.25, -0.2) is 0 Å². The van der Waals surface area contributed by atoms with E-state index in [1.165, 1.54) is 25.8 Å². The van der Waals surface area contributed by atoms with Crippen LogP contribution in [0.3, 0.4) is 0 Å². The Balaban J connectivity index is 1.80. The van der Waals surface area contributed by atoms with E-state index < -0.39 is 6.10 Å². The highest BCUT2D eigenvalue weighted by Gasteiger charge is 2.18. The maximum Gasteiger partial charge on any atom is 0.119 e. The van der Waals surface area contributed by atoms with Gasteiger partial charge in [0, 0.05) is 6.04 Å². The highest BCUT2D eigenvalue weighted by Crippen LogP contribution is 2.21. The van der Waals surface area contributed by atoms with E-state index in [-0.39, 0.29) is 0 Å². The maximum atomic E-state index is 9.55. The van der Waals surface area contributed by atoms with Crippen molar-refractivity contribution < 1.29 is 9.84 Å². The van der Waals surface area contributed by atoms with Gasteiger partial charge in [0.05, 0.1) is 12.7 Å². The third-order valence-corrected chi connectivity index (χ3v) is 3.98. The monoisotopic (exact) mass is 263 g/mol. The molecule has 1 unspecified atom stereocenters. The molecular weight excluding hydrogens is 238 g/mol. The number of aliphatic hydroxyl groups excluding tert-OH is 1. The van der Waals surface area contributed by atoms with Crippen LogP contribution in [0.5, 0.6) is 5.75 Å². The highest BCUT2D eigenvalue weighted by molar-refractivity contribution is 5.29. The summed E-state index contributed by atoms with van der Waals surface area (Å²) in [7, 11) is 2.21. The van der Waals surface area contributed by atoms with E-state index in [1.807, 2.05) is 24.3 Å². The second kappa shape index (κ2) is 6.92. The van der Waals surface area contributed by atoms with Gasteiger partial charge in [-0.2, -0.15) is 0 Å². The predicted molar refractivity (Wildman–Crippen MR) is 77.5 cm³/mol. The van der Waals surface area contributed by atoms with Gasteiger partial charge in [0.25, 0.3) is 0 Å². The Hall–Kier alpha value is -1.06. The van der Waals surface area contributed by atoms with E-state index in [9.17, 15) is 5.11 Å². The van der Waals surface area contributed by atoms with Crippen molar-refractivity contribution in [2.45, 2.75) is 44.8 Å². The molecule has 106 valence electrons. The molecule has 1 aromatic rings. The number of rotatable bonds is 5. The zero-order valence-corrected chi connectivity index (χ0v) is 12.0. The lowest BCUT2D eigenvalue weighted by Gasteiger charge is -2.32. The van der Waals surface area contributed by atoms with Crippen LogP contribution in [0.1, 0.15) is 44.3 Å². The van der Waals surface area contributed by atoms with Crippen LogP contribution in [0.25, 0.3) is 0 Å². The summed E-state index contributed by atoms with van der Waals surface area (Å²) >= 11 is 0. The minimum Gasteiger partial charge on any atom is -0.494 e. The summed E-state index contributed by atoms with van der Waals surface area (Å²) in [6, 6.07) is 8.40. The first-order valence-electron chi connectivity index (χ1n) is 7.28. The summed E-state index contributed by atoms with van der Waals surface area (Å²) in [5.74, 6) is 0.858.